The van der Waals surface area contributed by atoms with Crippen LogP contribution in [0.3, 0.4) is 0 Å². The first-order valence-corrected chi connectivity index (χ1v) is 11.1. The molecule has 0 fully saturated rings. The first-order valence-electron chi connectivity index (χ1n) is 6.60. The van der Waals surface area contributed by atoms with Crippen molar-refractivity contribution < 1.29 is 0 Å². The Labute approximate surface area is 220 Å². The highest BCUT2D eigenvalue weighted by molar-refractivity contribution is 6.69. The maximum atomic E-state index is 6.40. The van der Waals surface area contributed by atoms with Crippen molar-refractivity contribution in [3.8, 4) is 11.1 Å². The number of nitrogen functional groups attached to an aromatic ring is 2. The fourth-order valence-corrected chi connectivity index (χ4v) is 5.50. The molecule has 0 unspecified atom stereocenters. The van der Waals surface area contributed by atoms with Gasteiger partial charge in [-0.1, -0.05) is 139 Å². The van der Waals surface area contributed by atoms with Crippen LogP contribution in [-0.2, 0) is 7.59 Å². The van der Waals surface area contributed by atoms with E-state index in [9.17, 15) is 0 Å². The van der Waals surface area contributed by atoms with Crippen molar-refractivity contribution in [3.05, 3.63) is 41.3 Å². The fourth-order valence-electron chi connectivity index (χ4n) is 2.36. The van der Waals surface area contributed by atoms with E-state index < -0.39 is 7.59 Å². The minimum absolute atomic E-state index is 0.0963. The number of halogens is 12. The van der Waals surface area contributed by atoms with E-state index in [0.29, 0.717) is 0 Å². The zero-order valence-corrected chi connectivity index (χ0v) is 21.8. The monoisotopic (exact) mass is 620 g/mol. The highest BCUT2D eigenvalue weighted by Crippen LogP contribution is 2.60. The van der Waals surface area contributed by atoms with Gasteiger partial charge in [-0.25, -0.2) is 0 Å². The van der Waals surface area contributed by atoms with Crippen LogP contribution in [0.25, 0.3) is 11.1 Å². The van der Waals surface area contributed by atoms with Crippen LogP contribution in [0.4, 0.5) is 11.4 Å². The number of benzene rings is 2. The SMILES string of the molecule is Nc1c(Cl)c(Cl)c(-c2c(Cl)c(Cl)c(N)c(Cl)c2C(Cl)(Cl)Cl)c(C(Cl)(Cl)Cl)c1Cl. The Hall–Kier alpha value is 1.52. The average molecular weight is 626 g/mol. The van der Waals surface area contributed by atoms with E-state index in [1.165, 1.54) is 0 Å². The lowest BCUT2D eigenvalue weighted by Crippen LogP contribution is -2.12. The Kier molecular flexibility index (Phi) is 8.11. The first-order chi connectivity index (χ1) is 12.5. The summed E-state index contributed by atoms with van der Waals surface area (Å²) < 4.78 is -4.30. The van der Waals surface area contributed by atoms with Gasteiger partial charge in [0.05, 0.1) is 41.5 Å². The molecule has 28 heavy (non-hydrogen) atoms. The van der Waals surface area contributed by atoms with Gasteiger partial charge in [0.2, 0.25) is 7.59 Å². The van der Waals surface area contributed by atoms with E-state index in [0.717, 1.165) is 0 Å². The highest BCUT2D eigenvalue weighted by atomic mass is 35.6. The maximum Gasteiger partial charge on any atom is 0.218 e. The highest BCUT2D eigenvalue weighted by Gasteiger charge is 2.40. The molecule has 0 aromatic heterocycles. The van der Waals surface area contributed by atoms with Gasteiger partial charge in [0.1, 0.15) is 0 Å². The molecule has 0 heterocycles. The molecular weight excluding hydrogens is 622 g/mol. The number of hydrogen-bond donors (Lipinski definition) is 2. The van der Waals surface area contributed by atoms with Gasteiger partial charge >= 0.3 is 0 Å². The van der Waals surface area contributed by atoms with E-state index in [1.807, 2.05) is 0 Å². The molecule has 0 aliphatic rings. The lowest BCUT2D eigenvalue weighted by atomic mass is 9.94. The van der Waals surface area contributed by atoms with Crippen molar-refractivity contribution in [3.63, 3.8) is 0 Å². The Morgan fingerprint density at radius 1 is 0.429 bits per heavy atom. The second-order valence-corrected chi connectivity index (χ2v) is 12.0. The predicted octanol–water partition coefficient (Wildman–Crippen LogP) is 10.1. The van der Waals surface area contributed by atoms with E-state index in [-0.39, 0.29) is 63.8 Å². The summed E-state index contributed by atoms with van der Waals surface area (Å²) in [6, 6.07) is 0. The van der Waals surface area contributed by atoms with Gasteiger partial charge in [0, 0.05) is 22.3 Å². The van der Waals surface area contributed by atoms with Crippen molar-refractivity contribution >= 4 is 151 Å². The van der Waals surface area contributed by atoms with Gasteiger partial charge in [-0.2, -0.15) is 0 Å². The van der Waals surface area contributed by atoms with Gasteiger partial charge in [0.25, 0.3) is 0 Å². The van der Waals surface area contributed by atoms with E-state index in [2.05, 4.69) is 0 Å². The van der Waals surface area contributed by atoms with Gasteiger partial charge in [-0.05, 0) is 0 Å². The molecule has 0 amide bonds. The maximum absolute atomic E-state index is 6.40. The number of nitrogens with two attached hydrogens (primary N) is 2. The van der Waals surface area contributed by atoms with E-state index in [4.69, 9.17) is 151 Å². The predicted molar refractivity (Wildman–Crippen MR) is 129 cm³/mol. The molecule has 0 aliphatic heterocycles. The average Bonchev–Trinajstić information content (AvgIpc) is 2.55. The van der Waals surface area contributed by atoms with Crippen molar-refractivity contribution in [2.24, 2.45) is 0 Å². The van der Waals surface area contributed by atoms with Crippen LogP contribution in [0.5, 0.6) is 0 Å². The minimum atomic E-state index is -2.15. The van der Waals surface area contributed by atoms with E-state index in [1.54, 1.807) is 0 Å². The number of alkyl halides is 6. The number of hydrogen-bond acceptors (Lipinski definition) is 2. The fraction of sp³-hybridized carbons (Fsp3) is 0.143. The summed E-state index contributed by atoms with van der Waals surface area (Å²) in [6.45, 7) is 0. The quantitative estimate of drug-likeness (QED) is 0.188. The van der Waals surface area contributed by atoms with Crippen LogP contribution in [-0.4, -0.2) is 0 Å². The van der Waals surface area contributed by atoms with Gasteiger partial charge < -0.3 is 11.5 Å². The Bertz CT molecular complexity index is 895. The summed E-state index contributed by atoms with van der Waals surface area (Å²) >= 11 is 74.4. The van der Waals surface area contributed by atoms with Crippen molar-refractivity contribution in [2.45, 2.75) is 7.59 Å². The standard InChI is InChI=1S/C14H4Cl12N2/c15-5-1(3(13(21,22)23)7(17)11(27)9(5)19)2-4(14(24,25)26)8(18)12(28)10(20)6(2)16/h27-28H2. The third kappa shape index (κ3) is 4.51. The molecule has 154 valence electrons. The van der Waals surface area contributed by atoms with Crippen LogP contribution >= 0.6 is 139 Å². The first kappa shape index (κ1) is 25.8. The molecule has 0 radical (unpaired) electrons. The molecule has 0 spiro atoms. The van der Waals surface area contributed by atoms with Crippen molar-refractivity contribution in [2.75, 3.05) is 11.5 Å². The normalized spacial score (nSPS) is 12.6. The van der Waals surface area contributed by atoms with Crippen LogP contribution in [0.1, 0.15) is 11.1 Å². The molecule has 2 aromatic rings. The van der Waals surface area contributed by atoms with Crippen LogP contribution in [0, 0.1) is 0 Å². The second-order valence-electron chi connectivity index (χ2n) is 5.21. The topological polar surface area (TPSA) is 52.0 Å². The molecule has 0 bridgehead atoms. The molecule has 0 saturated carbocycles. The largest absolute Gasteiger partial charge is 0.396 e. The lowest BCUT2D eigenvalue weighted by Gasteiger charge is -2.27. The van der Waals surface area contributed by atoms with Gasteiger partial charge in [0.15, 0.2) is 0 Å². The lowest BCUT2D eigenvalue weighted by molar-refractivity contribution is 1.21. The zero-order chi connectivity index (χ0) is 21.9. The summed E-state index contributed by atoms with van der Waals surface area (Å²) in [7, 11) is 0. The minimum Gasteiger partial charge on any atom is -0.396 e. The smallest absolute Gasteiger partial charge is 0.218 e. The summed E-state index contributed by atoms with van der Waals surface area (Å²) in [5.74, 6) is 0. The Morgan fingerprint density at radius 3 is 0.893 bits per heavy atom. The van der Waals surface area contributed by atoms with E-state index >= 15 is 0 Å². The summed E-state index contributed by atoms with van der Waals surface area (Å²) in [5.41, 5.74) is 10.9. The molecule has 14 heteroatoms. The van der Waals surface area contributed by atoms with Crippen LogP contribution < -0.4 is 11.5 Å². The van der Waals surface area contributed by atoms with Gasteiger partial charge in [-0.3, -0.25) is 0 Å². The third-order valence-electron chi connectivity index (χ3n) is 3.53. The molecular formula is C14H4Cl12N2. The molecule has 2 rings (SSSR count). The summed E-state index contributed by atoms with van der Waals surface area (Å²) in [6.07, 6.45) is 0. The van der Waals surface area contributed by atoms with Gasteiger partial charge in [-0.15, -0.1) is 0 Å². The third-order valence-corrected chi connectivity index (χ3v) is 7.18. The molecule has 4 N–H and O–H groups in total. The summed E-state index contributed by atoms with van der Waals surface area (Å²) in [5, 5.41) is -1.12. The number of rotatable bonds is 1. The Balaban J connectivity index is 3.28. The van der Waals surface area contributed by atoms with Crippen LogP contribution in [0.15, 0.2) is 0 Å². The van der Waals surface area contributed by atoms with Crippen molar-refractivity contribution in [1.82, 2.24) is 0 Å². The second kappa shape index (κ2) is 8.81. The summed E-state index contributed by atoms with van der Waals surface area (Å²) in [4.78, 5) is 0. The molecule has 0 aliphatic carbocycles. The Morgan fingerprint density at radius 2 is 0.679 bits per heavy atom. The molecule has 0 saturated heterocycles. The molecule has 2 nitrogen and oxygen atoms in total. The van der Waals surface area contributed by atoms with Crippen LogP contribution in [0.2, 0.25) is 30.1 Å². The number of anilines is 2. The molecule has 0 atom stereocenters. The van der Waals surface area contributed by atoms with Crippen molar-refractivity contribution in [1.29, 1.82) is 0 Å². The molecule has 2 aromatic carbocycles. The zero-order valence-electron chi connectivity index (χ0n) is 12.7.